The van der Waals surface area contributed by atoms with E-state index in [-0.39, 0.29) is 0 Å². The summed E-state index contributed by atoms with van der Waals surface area (Å²) in [5.41, 5.74) is 7.06. The molecule has 138 valence electrons. The van der Waals surface area contributed by atoms with E-state index in [9.17, 15) is 0 Å². The molecule has 0 saturated carbocycles. The summed E-state index contributed by atoms with van der Waals surface area (Å²) in [4.78, 5) is 13.0. The maximum absolute atomic E-state index is 4.77. The van der Waals surface area contributed by atoms with Gasteiger partial charge < -0.3 is 14.8 Å². The van der Waals surface area contributed by atoms with Crippen LogP contribution >= 0.6 is 0 Å². The molecule has 4 nitrogen and oxygen atoms in total. The SMILES string of the molecule is CCN(CC)CCN(C)c1ccc(-c2nc3cc(C)c(C)cc3[nH]2)cc1. The van der Waals surface area contributed by atoms with Crippen LogP contribution in [0.3, 0.4) is 0 Å². The molecule has 1 aromatic heterocycles. The molecule has 0 aliphatic heterocycles. The number of rotatable bonds is 7. The molecule has 0 fully saturated rings. The van der Waals surface area contributed by atoms with Crippen LogP contribution in [0.2, 0.25) is 0 Å². The monoisotopic (exact) mass is 350 g/mol. The lowest BCUT2D eigenvalue weighted by atomic mass is 10.1. The van der Waals surface area contributed by atoms with Crippen molar-refractivity contribution in [3.63, 3.8) is 0 Å². The third-order valence-corrected chi connectivity index (χ3v) is 5.32. The highest BCUT2D eigenvalue weighted by atomic mass is 15.2. The number of imidazole rings is 1. The fourth-order valence-corrected chi connectivity index (χ4v) is 3.24. The Morgan fingerprint density at radius 1 is 0.923 bits per heavy atom. The molecule has 3 rings (SSSR count). The number of likely N-dealkylation sites (N-methyl/N-ethyl adjacent to an activating group) is 2. The van der Waals surface area contributed by atoms with Crippen LogP contribution in [-0.4, -0.2) is 48.1 Å². The average molecular weight is 351 g/mol. The van der Waals surface area contributed by atoms with E-state index in [2.05, 4.69) is 85.9 Å². The third kappa shape index (κ3) is 3.91. The Bertz CT molecular complexity index is 821. The summed E-state index contributed by atoms with van der Waals surface area (Å²) < 4.78 is 0. The number of fused-ring (bicyclic) bond motifs is 1. The Kier molecular flexibility index (Phi) is 5.62. The number of H-pyrrole nitrogens is 1. The molecule has 26 heavy (non-hydrogen) atoms. The first-order valence-corrected chi connectivity index (χ1v) is 9.52. The van der Waals surface area contributed by atoms with Crippen molar-refractivity contribution in [3.8, 4) is 11.4 Å². The third-order valence-electron chi connectivity index (χ3n) is 5.32. The Balaban J connectivity index is 1.75. The van der Waals surface area contributed by atoms with Gasteiger partial charge in [0.05, 0.1) is 11.0 Å². The van der Waals surface area contributed by atoms with Crippen molar-refractivity contribution in [2.75, 3.05) is 38.1 Å². The predicted molar refractivity (Wildman–Crippen MR) is 112 cm³/mol. The Labute approximate surface area is 156 Å². The fraction of sp³-hybridized carbons (Fsp3) is 0.409. The Morgan fingerprint density at radius 2 is 1.58 bits per heavy atom. The number of aromatic nitrogens is 2. The second-order valence-corrected chi connectivity index (χ2v) is 7.03. The summed E-state index contributed by atoms with van der Waals surface area (Å²) in [5.74, 6) is 0.933. The zero-order valence-corrected chi connectivity index (χ0v) is 16.6. The van der Waals surface area contributed by atoms with Crippen LogP contribution in [0.1, 0.15) is 25.0 Å². The Hall–Kier alpha value is -2.33. The van der Waals surface area contributed by atoms with Gasteiger partial charge in [-0.3, -0.25) is 0 Å². The van der Waals surface area contributed by atoms with Crippen LogP contribution in [0.15, 0.2) is 36.4 Å². The molecular weight excluding hydrogens is 320 g/mol. The molecule has 0 aliphatic carbocycles. The van der Waals surface area contributed by atoms with Crippen molar-refractivity contribution >= 4 is 16.7 Å². The molecule has 1 heterocycles. The zero-order chi connectivity index (χ0) is 18.7. The van der Waals surface area contributed by atoms with Crippen LogP contribution in [0.4, 0.5) is 5.69 Å². The molecule has 0 aliphatic rings. The summed E-state index contributed by atoms with van der Waals surface area (Å²) in [6.45, 7) is 13.0. The molecule has 4 heteroatoms. The van der Waals surface area contributed by atoms with Crippen LogP contribution < -0.4 is 4.90 Å². The van der Waals surface area contributed by atoms with Crippen molar-refractivity contribution < 1.29 is 0 Å². The number of hydrogen-bond acceptors (Lipinski definition) is 3. The van der Waals surface area contributed by atoms with Crippen molar-refractivity contribution in [2.45, 2.75) is 27.7 Å². The van der Waals surface area contributed by atoms with E-state index in [1.165, 1.54) is 16.8 Å². The van der Waals surface area contributed by atoms with Gasteiger partial charge in [-0.15, -0.1) is 0 Å². The summed E-state index contributed by atoms with van der Waals surface area (Å²) in [5, 5.41) is 0. The summed E-state index contributed by atoms with van der Waals surface area (Å²) in [6.07, 6.45) is 0. The van der Waals surface area contributed by atoms with Gasteiger partial charge in [0.2, 0.25) is 0 Å². The van der Waals surface area contributed by atoms with Gasteiger partial charge in [0.1, 0.15) is 5.82 Å². The minimum absolute atomic E-state index is 0.933. The van der Waals surface area contributed by atoms with Gasteiger partial charge in [0, 0.05) is 31.4 Å². The van der Waals surface area contributed by atoms with Crippen molar-refractivity contribution in [1.82, 2.24) is 14.9 Å². The van der Waals surface area contributed by atoms with E-state index in [1.54, 1.807) is 0 Å². The molecular formula is C22H30N4. The second-order valence-electron chi connectivity index (χ2n) is 7.03. The lowest BCUT2D eigenvalue weighted by Gasteiger charge is -2.24. The molecule has 2 aromatic carbocycles. The maximum Gasteiger partial charge on any atom is 0.138 e. The number of anilines is 1. The smallest absolute Gasteiger partial charge is 0.138 e. The highest BCUT2D eigenvalue weighted by molar-refractivity contribution is 5.81. The molecule has 0 radical (unpaired) electrons. The average Bonchev–Trinajstić information content (AvgIpc) is 3.05. The van der Waals surface area contributed by atoms with Crippen LogP contribution in [-0.2, 0) is 0 Å². The fourth-order valence-electron chi connectivity index (χ4n) is 3.24. The van der Waals surface area contributed by atoms with E-state index in [1.807, 2.05) is 0 Å². The van der Waals surface area contributed by atoms with Gasteiger partial charge in [0.15, 0.2) is 0 Å². The van der Waals surface area contributed by atoms with E-state index < -0.39 is 0 Å². The zero-order valence-electron chi connectivity index (χ0n) is 16.6. The summed E-state index contributed by atoms with van der Waals surface area (Å²) in [6, 6.07) is 13.0. The second kappa shape index (κ2) is 7.92. The first-order chi connectivity index (χ1) is 12.5. The minimum atomic E-state index is 0.933. The molecule has 1 N–H and O–H groups in total. The number of aromatic amines is 1. The molecule has 0 bridgehead atoms. The van der Waals surface area contributed by atoms with Crippen molar-refractivity contribution in [3.05, 3.63) is 47.5 Å². The van der Waals surface area contributed by atoms with Crippen LogP contribution in [0.25, 0.3) is 22.4 Å². The largest absolute Gasteiger partial charge is 0.373 e. The van der Waals surface area contributed by atoms with Gasteiger partial charge in [-0.2, -0.15) is 0 Å². The highest BCUT2D eigenvalue weighted by Crippen LogP contribution is 2.24. The van der Waals surface area contributed by atoms with E-state index in [0.29, 0.717) is 0 Å². The van der Waals surface area contributed by atoms with Gasteiger partial charge >= 0.3 is 0 Å². The van der Waals surface area contributed by atoms with Gasteiger partial charge in [-0.1, -0.05) is 13.8 Å². The van der Waals surface area contributed by atoms with Gasteiger partial charge in [-0.25, -0.2) is 4.98 Å². The lowest BCUT2D eigenvalue weighted by Crippen LogP contribution is -2.33. The number of hydrogen-bond donors (Lipinski definition) is 1. The van der Waals surface area contributed by atoms with E-state index in [0.717, 1.165) is 48.6 Å². The van der Waals surface area contributed by atoms with Crippen molar-refractivity contribution in [1.29, 1.82) is 0 Å². The summed E-state index contributed by atoms with van der Waals surface area (Å²) >= 11 is 0. The first-order valence-electron chi connectivity index (χ1n) is 9.52. The van der Waals surface area contributed by atoms with Crippen LogP contribution in [0, 0.1) is 13.8 Å². The van der Waals surface area contributed by atoms with Crippen molar-refractivity contribution in [2.24, 2.45) is 0 Å². The molecule has 0 saturated heterocycles. The molecule has 0 atom stereocenters. The number of aryl methyl sites for hydroxylation is 2. The topological polar surface area (TPSA) is 35.2 Å². The lowest BCUT2D eigenvalue weighted by molar-refractivity contribution is 0.311. The molecule has 3 aromatic rings. The molecule has 0 spiro atoms. The maximum atomic E-state index is 4.77. The van der Waals surface area contributed by atoms with Crippen LogP contribution in [0.5, 0.6) is 0 Å². The quantitative estimate of drug-likeness (QED) is 0.675. The summed E-state index contributed by atoms with van der Waals surface area (Å²) in [7, 11) is 2.16. The Morgan fingerprint density at radius 3 is 2.23 bits per heavy atom. The number of benzene rings is 2. The normalized spacial score (nSPS) is 11.5. The van der Waals surface area contributed by atoms with Gasteiger partial charge in [0.25, 0.3) is 0 Å². The first kappa shape index (κ1) is 18.5. The van der Waals surface area contributed by atoms with E-state index >= 15 is 0 Å². The predicted octanol–water partition coefficient (Wildman–Crippen LogP) is 4.62. The molecule has 0 unspecified atom stereocenters. The van der Waals surface area contributed by atoms with Gasteiger partial charge in [-0.05, 0) is 74.5 Å². The van der Waals surface area contributed by atoms with E-state index in [4.69, 9.17) is 4.98 Å². The number of nitrogens with zero attached hydrogens (tertiary/aromatic N) is 3. The minimum Gasteiger partial charge on any atom is -0.373 e. The molecule has 0 amide bonds. The number of nitrogens with one attached hydrogen (secondary N) is 1. The highest BCUT2D eigenvalue weighted by Gasteiger charge is 2.08. The standard InChI is InChI=1S/C22H30N4/c1-6-26(7-2)13-12-25(5)19-10-8-18(9-11-19)22-23-20-14-16(3)17(4)15-21(20)24-22/h8-11,14-15H,6-7,12-13H2,1-5H3,(H,23,24).